The highest BCUT2D eigenvalue weighted by molar-refractivity contribution is 5.96. The van der Waals surface area contributed by atoms with E-state index >= 15 is 0 Å². The Kier molecular flexibility index (Phi) is 3.05. The molecule has 1 heterocycles. The van der Waals surface area contributed by atoms with Gasteiger partial charge < -0.3 is 9.84 Å². The Balaban J connectivity index is 2.51. The maximum absolute atomic E-state index is 11.6. The molecular weight excluding hydrogens is 218 g/mol. The summed E-state index contributed by atoms with van der Waals surface area (Å²) in [5.41, 5.74) is 1.75. The second kappa shape index (κ2) is 4.65. The minimum absolute atomic E-state index is 0.0873. The average molecular weight is 229 g/mol. The number of esters is 1. The number of aromatic hydroxyl groups is 1. The van der Waals surface area contributed by atoms with Gasteiger partial charge in [0.1, 0.15) is 5.75 Å². The van der Waals surface area contributed by atoms with Gasteiger partial charge in [0.05, 0.1) is 24.6 Å². The van der Waals surface area contributed by atoms with Crippen molar-refractivity contribution >= 4 is 5.97 Å². The standard InChI is InChI=1S/C13H11NO3/c1-17-13(16)11-5-3-2-4-10(11)12-7-6-9(15)8-14-12/h2-8,15H,1H3. The van der Waals surface area contributed by atoms with Crippen molar-refractivity contribution in [1.29, 1.82) is 0 Å². The van der Waals surface area contributed by atoms with Crippen LogP contribution in [0, 0.1) is 0 Å². The Labute approximate surface area is 98.5 Å². The minimum Gasteiger partial charge on any atom is -0.506 e. The molecule has 0 bridgehead atoms. The molecule has 0 radical (unpaired) electrons. The average Bonchev–Trinajstić information content (AvgIpc) is 2.39. The van der Waals surface area contributed by atoms with E-state index in [-0.39, 0.29) is 5.75 Å². The summed E-state index contributed by atoms with van der Waals surface area (Å²) in [4.78, 5) is 15.6. The molecule has 0 fully saturated rings. The van der Waals surface area contributed by atoms with Crippen molar-refractivity contribution in [3.63, 3.8) is 0 Å². The number of hydrogen-bond donors (Lipinski definition) is 1. The maximum Gasteiger partial charge on any atom is 0.338 e. The molecule has 2 aromatic rings. The van der Waals surface area contributed by atoms with Gasteiger partial charge in [0, 0.05) is 5.56 Å². The van der Waals surface area contributed by atoms with Crippen LogP contribution in [0.2, 0.25) is 0 Å². The van der Waals surface area contributed by atoms with Crippen LogP contribution in [0.25, 0.3) is 11.3 Å². The van der Waals surface area contributed by atoms with Crippen LogP contribution in [0.3, 0.4) is 0 Å². The van der Waals surface area contributed by atoms with Crippen molar-refractivity contribution in [2.24, 2.45) is 0 Å². The number of pyridine rings is 1. The van der Waals surface area contributed by atoms with Crippen LogP contribution in [-0.2, 0) is 4.74 Å². The van der Waals surface area contributed by atoms with E-state index in [2.05, 4.69) is 4.98 Å². The van der Waals surface area contributed by atoms with Crippen molar-refractivity contribution < 1.29 is 14.6 Å². The van der Waals surface area contributed by atoms with Gasteiger partial charge in [-0.05, 0) is 18.2 Å². The van der Waals surface area contributed by atoms with Crippen LogP contribution in [0.5, 0.6) is 5.75 Å². The Morgan fingerprint density at radius 1 is 1.24 bits per heavy atom. The number of aromatic nitrogens is 1. The lowest BCUT2D eigenvalue weighted by molar-refractivity contribution is 0.0601. The Morgan fingerprint density at radius 3 is 2.65 bits per heavy atom. The highest BCUT2D eigenvalue weighted by atomic mass is 16.5. The van der Waals surface area contributed by atoms with Crippen molar-refractivity contribution in [2.75, 3.05) is 7.11 Å². The summed E-state index contributed by atoms with van der Waals surface area (Å²) in [5.74, 6) is -0.320. The number of nitrogens with zero attached hydrogens (tertiary/aromatic N) is 1. The molecule has 86 valence electrons. The zero-order chi connectivity index (χ0) is 12.3. The smallest absolute Gasteiger partial charge is 0.338 e. The maximum atomic E-state index is 11.6. The summed E-state index contributed by atoms with van der Waals surface area (Å²) in [6, 6.07) is 10.2. The lowest BCUT2D eigenvalue weighted by Crippen LogP contribution is -2.03. The van der Waals surface area contributed by atoms with Gasteiger partial charge >= 0.3 is 5.97 Å². The van der Waals surface area contributed by atoms with Crippen LogP contribution in [-0.4, -0.2) is 23.2 Å². The summed E-state index contributed by atoms with van der Waals surface area (Å²) in [5, 5.41) is 9.17. The molecule has 0 aliphatic carbocycles. The fourth-order valence-corrected chi connectivity index (χ4v) is 1.54. The molecule has 1 aromatic carbocycles. The number of ether oxygens (including phenoxy) is 1. The molecule has 0 aliphatic rings. The molecule has 0 saturated carbocycles. The van der Waals surface area contributed by atoms with E-state index in [4.69, 9.17) is 4.74 Å². The third-order valence-corrected chi connectivity index (χ3v) is 2.36. The predicted octanol–water partition coefficient (Wildman–Crippen LogP) is 2.24. The van der Waals surface area contributed by atoms with Gasteiger partial charge in [-0.1, -0.05) is 18.2 Å². The second-order valence-electron chi connectivity index (χ2n) is 3.44. The number of rotatable bonds is 2. The number of benzene rings is 1. The van der Waals surface area contributed by atoms with Crippen molar-refractivity contribution in [2.45, 2.75) is 0 Å². The molecule has 4 nitrogen and oxygen atoms in total. The molecule has 1 aromatic heterocycles. The molecule has 2 rings (SSSR count). The van der Waals surface area contributed by atoms with E-state index < -0.39 is 5.97 Å². The van der Waals surface area contributed by atoms with Gasteiger partial charge in [0.2, 0.25) is 0 Å². The molecule has 4 heteroatoms. The zero-order valence-corrected chi connectivity index (χ0v) is 9.25. The normalized spacial score (nSPS) is 9.94. The van der Waals surface area contributed by atoms with E-state index in [0.29, 0.717) is 16.8 Å². The van der Waals surface area contributed by atoms with Crippen LogP contribution < -0.4 is 0 Å². The number of hydrogen-bond acceptors (Lipinski definition) is 4. The fourth-order valence-electron chi connectivity index (χ4n) is 1.54. The number of carbonyl (C=O) groups excluding carboxylic acids is 1. The SMILES string of the molecule is COC(=O)c1ccccc1-c1ccc(O)cn1. The fraction of sp³-hybridized carbons (Fsp3) is 0.0769. The lowest BCUT2D eigenvalue weighted by Gasteiger charge is -2.06. The molecular formula is C13H11NO3. The van der Waals surface area contributed by atoms with Crippen LogP contribution in [0.4, 0.5) is 0 Å². The molecule has 0 aliphatic heterocycles. The highest BCUT2D eigenvalue weighted by Crippen LogP contribution is 2.23. The van der Waals surface area contributed by atoms with Crippen molar-refractivity contribution in [3.05, 3.63) is 48.2 Å². The zero-order valence-electron chi connectivity index (χ0n) is 9.25. The van der Waals surface area contributed by atoms with Crippen molar-refractivity contribution in [3.8, 4) is 17.0 Å². The van der Waals surface area contributed by atoms with E-state index in [1.165, 1.54) is 19.4 Å². The van der Waals surface area contributed by atoms with E-state index in [1.54, 1.807) is 24.3 Å². The first-order valence-electron chi connectivity index (χ1n) is 5.05. The van der Waals surface area contributed by atoms with Crippen LogP contribution in [0.1, 0.15) is 10.4 Å². The van der Waals surface area contributed by atoms with Crippen molar-refractivity contribution in [1.82, 2.24) is 4.98 Å². The Hall–Kier alpha value is -2.36. The molecule has 0 atom stereocenters. The van der Waals surface area contributed by atoms with Gasteiger partial charge in [-0.3, -0.25) is 4.98 Å². The van der Waals surface area contributed by atoms with Crippen LogP contribution in [0.15, 0.2) is 42.6 Å². The monoisotopic (exact) mass is 229 g/mol. The van der Waals surface area contributed by atoms with Gasteiger partial charge in [0.15, 0.2) is 0 Å². The van der Waals surface area contributed by atoms with Gasteiger partial charge in [-0.15, -0.1) is 0 Å². The summed E-state index contributed by atoms with van der Waals surface area (Å²) >= 11 is 0. The van der Waals surface area contributed by atoms with Crippen LogP contribution >= 0.6 is 0 Å². The highest BCUT2D eigenvalue weighted by Gasteiger charge is 2.12. The third kappa shape index (κ3) is 2.25. The van der Waals surface area contributed by atoms with Gasteiger partial charge in [-0.25, -0.2) is 4.79 Å². The van der Waals surface area contributed by atoms with Gasteiger partial charge in [0.25, 0.3) is 0 Å². The summed E-state index contributed by atoms with van der Waals surface area (Å²) in [7, 11) is 1.34. The molecule has 0 amide bonds. The minimum atomic E-state index is -0.407. The predicted molar refractivity (Wildman–Crippen MR) is 62.7 cm³/mol. The second-order valence-corrected chi connectivity index (χ2v) is 3.44. The number of methoxy groups -OCH3 is 1. The Morgan fingerprint density at radius 2 is 2.00 bits per heavy atom. The van der Waals surface area contributed by atoms with E-state index in [9.17, 15) is 9.90 Å². The number of carbonyl (C=O) groups is 1. The molecule has 0 saturated heterocycles. The molecule has 1 N–H and O–H groups in total. The molecule has 0 unspecified atom stereocenters. The topological polar surface area (TPSA) is 59.4 Å². The van der Waals surface area contributed by atoms with E-state index in [1.807, 2.05) is 6.07 Å². The first-order chi connectivity index (χ1) is 8.22. The molecule has 17 heavy (non-hydrogen) atoms. The first-order valence-corrected chi connectivity index (χ1v) is 5.05. The summed E-state index contributed by atoms with van der Waals surface area (Å²) < 4.78 is 4.71. The van der Waals surface area contributed by atoms with E-state index in [0.717, 1.165) is 0 Å². The largest absolute Gasteiger partial charge is 0.506 e. The molecule has 0 spiro atoms. The third-order valence-electron chi connectivity index (χ3n) is 2.36. The summed E-state index contributed by atoms with van der Waals surface area (Å²) in [6.07, 6.45) is 1.34. The quantitative estimate of drug-likeness (QED) is 0.802. The van der Waals surface area contributed by atoms with Gasteiger partial charge in [-0.2, -0.15) is 0 Å². The summed E-state index contributed by atoms with van der Waals surface area (Å²) in [6.45, 7) is 0. The lowest BCUT2D eigenvalue weighted by atomic mass is 10.0. The first kappa shape index (κ1) is 11.1. The Bertz CT molecular complexity index is 535.